The van der Waals surface area contributed by atoms with Gasteiger partial charge in [0.15, 0.2) is 0 Å². The van der Waals surface area contributed by atoms with E-state index in [4.69, 9.17) is 4.74 Å². The molecule has 0 bridgehead atoms. The standard InChI is InChI=1S/C14H20O2/c1-13-11-9-7-5-3-2-4-6-8-10-12-14(15)16-13/h3,5-6,8,10,12-13H,2,4,7,9,11H2,1H3/b5-3-,8-6-,12-10+/t13-/m0/s1. The van der Waals surface area contributed by atoms with E-state index >= 15 is 0 Å². The van der Waals surface area contributed by atoms with Gasteiger partial charge in [0.05, 0.1) is 6.10 Å². The maximum Gasteiger partial charge on any atom is 0.331 e. The summed E-state index contributed by atoms with van der Waals surface area (Å²) in [5, 5.41) is 0. The number of cyclic esters (lactones) is 1. The van der Waals surface area contributed by atoms with Crippen LogP contribution in [0.1, 0.15) is 39.0 Å². The third-order valence-electron chi connectivity index (χ3n) is 2.44. The maximum atomic E-state index is 11.3. The van der Waals surface area contributed by atoms with Gasteiger partial charge < -0.3 is 4.74 Å². The summed E-state index contributed by atoms with van der Waals surface area (Å²) < 4.78 is 5.21. The highest BCUT2D eigenvalue weighted by atomic mass is 16.5. The number of allylic oxidation sites excluding steroid dienone is 5. The third-order valence-corrected chi connectivity index (χ3v) is 2.44. The molecule has 0 aliphatic carbocycles. The highest BCUT2D eigenvalue weighted by Gasteiger charge is 2.05. The summed E-state index contributed by atoms with van der Waals surface area (Å²) in [4.78, 5) is 11.3. The number of carbonyl (C=O) groups excluding carboxylic acids is 1. The molecule has 1 atom stereocenters. The van der Waals surface area contributed by atoms with Crippen LogP contribution in [0.5, 0.6) is 0 Å². The van der Waals surface area contributed by atoms with Crippen molar-refractivity contribution >= 4 is 5.97 Å². The van der Waals surface area contributed by atoms with Gasteiger partial charge in [-0.2, -0.15) is 0 Å². The minimum absolute atomic E-state index is 0.0115. The summed E-state index contributed by atoms with van der Waals surface area (Å²) in [6.45, 7) is 1.94. The van der Waals surface area contributed by atoms with E-state index in [9.17, 15) is 4.79 Å². The van der Waals surface area contributed by atoms with Crippen LogP contribution in [-0.2, 0) is 9.53 Å². The SMILES string of the molecule is C[C@H]1CCC/C=C\CC/C=C\C=C\C(=O)O1. The first-order chi connectivity index (χ1) is 7.79. The average molecular weight is 220 g/mol. The van der Waals surface area contributed by atoms with Gasteiger partial charge in [-0.15, -0.1) is 0 Å². The molecule has 0 amide bonds. The van der Waals surface area contributed by atoms with Gasteiger partial charge in [0.1, 0.15) is 0 Å². The van der Waals surface area contributed by atoms with Gasteiger partial charge in [0.2, 0.25) is 0 Å². The lowest BCUT2D eigenvalue weighted by molar-refractivity contribution is -0.142. The van der Waals surface area contributed by atoms with Crippen LogP contribution in [0.15, 0.2) is 36.5 Å². The summed E-state index contributed by atoms with van der Waals surface area (Å²) in [5.74, 6) is -0.246. The van der Waals surface area contributed by atoms with E-state index in [0.29, 0.717) is 0 Å². The molecule has 0 radical (unpaired) electrons. The Morgan fingerprint density at radius 3 is 2.75 bits per heavy atom. The minimum Gasteiger partial charge on any atom is -0.460 e. The Balaban J connectivity index is 2.49. The number of esters is 1. The van der Waals surface area contributed by atoms with Gasteiger partial charge in [-0.3, -0.25) is 0 Å². The van der Waals surface area contributed by atoms with E-state index in [1.54, 1.807) is 6.08 Å². The monoisotopic (exact) mass is 220 g/mol. The second-order valence-electron chi connectivity index (χ2n) is 4.01. The van der Waals surface area contributed by atoms with E-state index in [1.165, 1.54) is 6.08 Å². The van der Waals surface area contributed by atoms with E-state index in [1.807, 2.05) is 13.0 Å². The molecule has 0 N–H and O–H groups in total. The Bertz CT molecular complexity index is 287. The summed E-state index contributed by atoms with van der Waals surface area (Å²) in [5.41, 5.74) is 0. The summed E-state index contributed by atoms with van der Waals surface area (Å²) in [6, 6.07) is 0. The Morgan fingerprint density at radius 2 is 1.88 bits per heavy atom. The second-order valence-corrected chi connectivity index (χ2v) is 4.01. The number of rotatable bonds is 0. The van der Waals surface area contributed by atoms with Crippen molar-refractivity contribution in [3.63, 3.8) is 0 Å². The number of hydrogen-bond acceptors (Lipinski definition) is 2. The van der Waals surface area contributed by atoms with Gasteiger partial charge in [0, 0.05) is 6.08 Å². The van der Waals surface area contributed by atoms with Gasteiger partial charge in [-0.05, 0) is 39.0 Å². The van der Waals surface area contributed by atoms with Crippen molar-refractivity contribution in [1.29, 1.82) is 0 Å². The summed E-state index contributed by atoms with van der Waals surface area (Å²) in [7, 11) is 0. The highest BCUT2D eigenvalue weighted by molar-refractivity contribution is 5.82. The van der Waals surface area contributed by atoms with Crippen LogP contribution in [0, 0.1) is 0 Å². The van der Waals surface area contributed by atoms with E-state index < -0.39 is 0 Å². The van der Waals surface area contributed by atoms with Gasteiger partial charge >= 0.3 is 5.97 Å². The minimum atomic E-state index is -0.246. The molecule has 1 heterocycles. The molecular formula is C14H20O2. The summed E-state index contributed by atoms with van der Waals surface area (Å²) >= 11 is 0. The molecule has 2 nitrogen and oxygen atoms in total. The van der Waals surface area contributed by atoms with Crippen LogP contribution in [0.4, 0.5) is 0 Å². The molecule has 0 saturated heterocycles. The number of carbonyl (C=O) groups is 1. The molecule has 0 unspecified atom stereocenters. The topological polar surface area (TPSA) is 26.3 Å². The normalized spacial score (nSPS) is 29.8. The first kappa shape index (κ1) is 12.8. The van der Waals surface area contributed by atoms with Crippen molar-refractivity contribution in [1.82, 2.24) is 0 Å². The highest BCUT2D eigenvalue weighted by Crippen LogP contribution is 2.07. The number of hydrogen-bond donors (Lipinski definition) is 0. The predicted molar refractivity (Wildman–Crippen MR) is 66.1 cm³/mol. The maximum absolute atomic E-state index is 11.3. The van der Waals surface area contributed by atoms with Crippen LogP contribution >= 0.6 is 0 Å². The largest absolute Gasteiger partial charge is 0.460 e. The molecule has 0 fully saturated rings. The first-order valence-electron chi connectivity index (χ1n) is 5.98. The molecule has 1 aliphatic rings. The average Bonchev–Trinajstić information content (AvgIpc) is 2.25. The molecule has 88 valence electrons. The van der Waals surface area contributed by atoms with Crippen molar-refractivity contribution < 1.29 is 9.53 Å². The fourth-order valence-electron chi connectivity index (χ4n) is 1.56. The van der Waals surface area contributed by atoms with Crippen molar-refractivity contribution in [2.24, 2.45) is 0 Å². The van der Waals surface area contributed by atoms with Gasteiger partial charge in [0.25, 0.3) is 0 Å². The zero-order valence-electron chi connectivity index (χ0n) is 9.89. The fraction of sp³-hybridized carbons (Fsp3) is 0.500. The lowest BCUT2D eigenvalue weighted by Gasteiger charge is -2.10. The smallest absolute Gasteiger partial charge is 0.331 e. The molecule has 0 saturated carbocycles. The fourth-order valence-corrected chi connectivity index (χ4v) is 1.56. The zero-order valence-corrected chi connectivity index (χ0v) is 9.89. The third kappa shape index (κ3) is 6.23. The van der Waals surface area contributed by atoms with Crippen molar-refractivity contribution in [3.05, 3.63) is 36.5 Å². The van der Waals surface area contributed by atoms with E-state index in [0.717, 1.165) is 32.1 Å². The Labute approximate surface area is 97.7 Å². The van der Waals surface area contributed by atoms with Crippen molar-refractivity contribution in [3.8, 4) is 0 Å². The van der Waals surface area contributed by atoms with E-state index in [2.05, 4.69) is 18.2 Å². The Kier molecular flexibility index (Phi) is 6.31. The molecule has 1 aliphatic heterocycles. The molecule has 2 heteroatoms. The Morgan fingerprint density at radius 1 is 1.12 bits per heavy atom. The lowest BCUT2D eigenvalue weighted by atomic mass is 10.1. The Hall–Kier alpha value is -1.31. The molecule has 0 spiro atoms. The molecule has 0 aromatic carbocycles. The quantitative estimate of drug-likeness (QED) is 0.461. The molecule has 0 aromatic rings. The lowest BCUT2D eigenvalue weighted by Crippen LogP contribution is -2.12. The van der Waals surface area contributed by atoms with Gasteiger partial charge in [-0.1, -0.05) is 30.4 Å². The first-order valence-corrected chi connectivity index (χ1v) is 5.98. The van der Waals surface area contributed by atoms with Crippen LogP contribution in [0.2, 0.25) is 0 Å². The summed E-state index contributed by atoms with van der Waals surface area (Å²) in [6.07, 6.45) is 16.8. The van der Waals surface area contributed by atoms with E-state index in [-0.39, 0.29) is 12.1 Å². The van der Waals surface area contributed by atoms with Crippen molar-refractivity contribution in [2.45, 2.75) is 45.1 Å². The molecular weight excluding hydrogens is 200 g/mol. The van der Waals surface area contributed by atoms with Crippen LogP contribution in [-0.4, -0.2) is 12.1 Å². The molecule has 0 aromatic heterocycles. The zero-order chi connectivity index (χ0) is 11.6. The van der Waals surface area contributed by atoms with Gasteiger partial charge in [-0.25, -0.2) is 4.79 Å². The van der Waals surface area contributed by atoms with Crippen molar-refractivity contribution in [2.75, 3.05) is 0 Å². The van der Waals surface area contributed by atoms with Crippen LogP contribution in [0.3, 0.4) is 0 Å². The number of ether oxygens (including phenoxy) is 1. The molecule has 1 rings (SSSR count). The predicted octanol–water partition coefficient (Wildman–Crippen LogP) is 3.55. The second kappa shape index (κ2) is 7.91. The van der Waals surface area contributed by atoms with Crippen LogP contribution < -0.4 is 0 Å². The van der Waals surface area contributed by atoms with Crippen LogP contribution in [0.25, 0.3) is 0 Å². The molecule has 16 heavy (non-hydrogen) atoms.